The molecule has 4 rings (SSSR count). The maximum atomic E-state index is 5.61. The molecule has 0 radical (unpaired) electrons. The van der Waals surface area contributed by atoms with E-state index in [4.69, 9.17) is 10.7 Å². The quantitative estimate of drug-likeness (QED) is 0.657. The molecule has 2 N–H and O–H groups in total. The summed E-state index contributed by atoms with van der Waals surface area (Å²) in [5.74, 6) is 0.969. The number of unbranched alkanes of at least 4 members (excludes halogenated alkanes) is 2. The van der Waals surface area contributed by atoms with Crippen LogP contribution in [0.5, 0.6) is 0 Å². The summed E-state index contributed by atoms with van der Waals surface area (Å²) in [4.78, 5) is 4.75. The van der Waals surface area contributed by atoms with E-state index in [2.05, 4.69) is 22.8 Å². The molecular formula is C24H35N3. The number of rotatable bonds is 8. The summed E-state index contributed by atoms with van der Waals surface area (Å²) in [6.45, 7) is 0.803. The van der Waals surface area contributed by atoms with Crippen molar-refractivity contribution in [3.63, 3.8) is 0 Å². The third-order valence-electron chi connectivity index (χ3n) is 6.67. The van der Waals surface area contributed by atoms with Crippen LogP contribution in [-0.4, -0.2) is 16.1 Å². The molecule has 27 heavy (non-hydrogen) atoms. The van der Waals surface area contributed by atoms with Gasteiger partial charge >= 0.3 is 0 Å². The van der Waals surface area contributed by atoms with E-state index >= 15 is 0 Å². The van der Waals surface area contributed by atoms with Crippen LogP contribution in [0.4, 0.5) is 0 Å². The molecule has 0 amide bonds. The summed E-state index contributed by atoms with van der Waals surface area (Å²) < 4.78 is 2.35. The number of aromatic nitrogens is 2. The van der Waals surface area contributed by atoms with Gasteiger partial charge in [-0.05, 0) is 74.6 Å². The van der Waals surface area contributed by atoms with Crippen molar-refractivity contribution in [3.05, 3.63) is 47.0 Å². The Balaban J connectivity index is 1.41. The largest absolute Gasteiger partial charge is 0.330 e. The Labute approximate surface area is 164 Å². The predicted molar refractivity (Wildman–Crippen MR) is 112 cm³/mol. The first-order valence-corrected chi connectivity index (χ1v) is 11.2. The van der Waals surface area contributed by atoms with Crippen LogP contribution in [0.15, 0.2) is 24.5 Å². The Hall–Kier alpha value is -1.61. The van der Waals surface area contributed by atoms with Crippen molar-refractivity contribution in [3.8, 4) is 5.69 Å². The summed E-state index contributed by atoms with van der Waals surface area (Å²) in [6, 6.07) is 7.17. The predicted octanol–water partition coefficient (Wildman–Crippen LogP) is 5.16. The normalized spacial score (nSPS) is 16.9. The van der Waals surface area contributed by atoms with E-state index < -0.39 is 0 Å². The monoisotopic (exact) mass is 365 g/mol. The molecule has 0 bridgehead atoms. The molecule has 0 saturated heterocycles. The second-order valence-corrected chi connectivity index (χ2v) is 8.61. The number of benzene rings is 1. The fourth-order valence-electron chi connectivity index (χ4n) is 5.03. The first kappa shape index (κ1) is 18.7. The molecule has 0 unspecified atom stereocenters. The van der Waals surface area contributed by atoms with Crippen LogP contribution in [-0.2, 0) is 25.7 Å². The smallest absolute Gasteiger partial charge is 0.0997 e. The van der Waals surface area contributed by atoms with Crippen LogP contribution in [0.25, 0.3) is 5.69 Å². The highest BCUT2D eigenvalue weighted by Gasteiger charge is 2.20. The van der Waals surface area contributed by atoms with Gasteiger partial charge in [0.2, 0.25) is 0 Å². The molecule has 1 saturated carbocycles. The molecule has 2 aliphatic rings. The van der Waals surface area contributed by atoms with Crippen LogP contribution in [0.2, 0.25) is 0 Å². The number of nitrogens with zero attached hydrogens (tertiary/aromatic N) is 2. The Morgan fingerprint density at radius 1 is 1.00 bits per heavy atom. The maximum Gasteiger partial charge on any atom is 0.0997 e. The SMILES string of the molecule is NCCCCCc1ncn2c1CCc1cc(CCC3CCCCC3)ccc1-2. The lowest BCUT2D eigenvalue weighted by Gasteiger charge is -2.23. The molecule has 0 spiro atoms. The second kappa shape index (κ2) is 9.05. The van der Waals surface area contributed by atoms with Crippen LogP contribution >= 0.6 is 0 Å². The van der Waals surface area contributed by atoms with Gasteiger partial charge in [-0.25, -0.2) is 4.98 Å². The van der Waals surface area contributed by atoms with Gasteiger partial charge in [-0.15, -0.1) is 0 Å². The van der Waals surface area contributed by atoms with E-state index in [1.54, 1.807) is 0 Å². The van der Waals surface area contributed by atoms with E-state index in [1.165, 1.54) is 86.0 Å². The van der Waals surface area contributed by atoms with Crippen molar-refractivity contribution < 1.29 is 0 Å². The number of aryl methyl sites for hydroxylation is 3. The molecule has 146 valence electrons. The topological polar surface area (TPSA) is 43.8 Å². The van der Waals surface area contributed by atoms with Crippen molar-refractivity contribution in [2.24, 2.45) is 11.7 Å². The molecule has 2 heterocycles. The molecule has 0 atom stereocenters. The van der Waals surface area contributed by atoms with E-state index in [9.17, 15) is 0 Å². The summed E-state index contributed by atoms with van der Waals surface area (Å²) in [5, 5.41) is 0. The first-order valence-electron chi connectivity index (χ1n) is 11.2. The van der Waals surface area contributed by atoms with E-state index in [-0.39, 0.29) is 0 Å². The number of imidazole rings is 1. The molecule has 1 aliphatic carbocycles. The van der Waals surface area contributed by atoms with E-state index in [1.807, 2.05) is 6.33 Å². The molecule has 3 nitrogen and oxygen atoms in total. The zero-order valence-electron chi connectivity index (χ0n) is 16.8. The number of hydrogen-bond acceptors (Lipinski definition) is 2. The van der Waals surface area contributed by atoms with Gasteiger partial charge in [0.05, 0.1) is 12.0 Å². The molecular weight excluding hydrogens is 330 g/mol. The Morgan fingerprint density at radius 3 is 2.74 bits per heavy atom. The van der Waals surface area contributed by atoms with E-state index in [0.717, 1.165) is 38.1 Å². The molecule has 2 aromatic rings. The van der Waals surface area contributed by atoms with Crippen LogP contribution in [0, 0.1) is 5.92 Å². The average Bonchev–Trinajstić information content (AvgIpc) is 3.13. The zero-order valence-corrected chi connectivity index (χ0v) is 16.8. The van der Waals surface area contributed by atoms with Crippen molar-refractivity contribution in [1.82, 2.24) is 9.55 Å². The van der Waals surface area contributed by atoms with Gasteiger partial charge < -0.3 is 10.3 Å². The highest BCUT2D eigenvalue weighted by atomic mass is 15.1. The lowest BCUT2D eigenvalue weighted by atomic mass is 9.85. The summed E-state index contributed by atoms with van der Waals surface area (Å²) in [7, 11) is 0. The lowest BCUT2D eigenvalue weighted by Crippen LogP contribution is -2.13. The van der Waals surface area contributed by atoms with Crippen molar-refractivity contribution in [1.29, 1.82) is 0 Å². The maximum absolute atomic E-state index is 5.61. The van der Waals surface area contributed by atoms with Gasteiger partial charge in [0.1, 0.15) is 0 Å². The van der Waals surface area contributed by atoms with Crippen LogP contribution < -0.4 is 5.73 Å². The van der Waals surface area contributed by atoms with Gasteiger partial charge in [-0.3, -0.25) is 0 Å². The number of fused-ring (bicyclic) bond motifs is 3. The minimum atomic E-state index is 0.803. The Morgan fingerprint density at radius 2 is 1.89 bits per heavy atom. The summed E-state index contributed by atoms with van der Waals surface area (Å²) >= 11 is 0. The van der Waals surface area contributed by atoms with Gasteiger partial charge in [0.25, 0.3) is 0 Å². The molecule has 1 fully saturated rings. The Bertz CT molecular complexity index is 740. The van der Waals surface area contributed by atoms with Gasteiger partial charge in [-0.2, -0.15) is 0 Å². The van der Waals surface area contributed by atoms with Crippen molar-refractivity contribution in [2.45, 2.75) is 83.5 Å². The molecule has 1 aromatic heterocycles. The fraction of sp³-hybridized carbons (Fsp3) is 0.625. The molecule has 1 aromatic carbocycles. The van der Waals surface area contributed by atoms with Crippen LogP contribution in [0.1, 0.15) is 80.3 Å². The minimum absolute atomic E-state index is 0.803. The standard InChI is InChI=1S/C24H35N3/c25-16-6-2-5-9-22-24-15-13-21-17-20(11-10-19-7-3-1-4-8-19)12-14-23(21)27(24)18-26-22/h12,14,17-19H,1-11,13,15-16,25H2. The summed E-state index contributed by atoms with van der Waals surface area (Å²) in [5.41, 5.74) is 12.7. The molecule has 1 aliphatic heterocycles. The minimum Gasteiger partial charge on any atom is -0.330 e. The third kappa shape index (κ3) is 4.45. The highest BCUT2D eigenvalue weighted by Crippen LogP contribution is 2.30. The average molecular weight is 366 g/mol. The van der Waals surface area contributed by atoms with Gasteiger partial charge in [-0.1, -0.05) is 50.7 Å². The van der Waals surface area contributed by atoms with E-state index in [0.29, 0.717) is 0 Å². The third-order valence-corrected chi connectivity index (χ3v) is 6.67. The van der Waals surface area contributed by atoms with Crippen LogP contribution in [0.3, 0.4) is 0 Å². The summed E-state index contributed by atoms with van der Waals surface area (Å²) in [6.07, 6.45) is 18.9. The molecule has 3 heteroatoms. The van der Waals surface area contributed by atoms with Crippen molar-refractivity contribution >= 4 is 0 Å². The van der Waals surface area contributed by atoms with Crippen molar-refractivity contribution in [2.75, 3.05) is 6.54 Å². The van der Waals surface area contributed by atoms with Gasteiger partial charge in [0, 0.05) is 11.4 Å². The fourth-order valence-corrected chi connectivity index (χ4v) is 5.03. The van der Waals surface area contributed by atoms with Gasteiger partial charge in [0.15, 0.2) is 0 Å². The second-order valence-electron chi connectivity index (χ2n) is 8.61. The zero-order chi connectivity index (χ0) is 18.5. The lowest BCUT2D eigenvalue weighted by molar-refractivity contribution is 0.339. The highest BCUT2D eigenvalue weighted by molar-refractivity contribution is 5.48. The Kier molecular flexibility index (Phi) is 6.28. The number of nitrogens with two attached hydrogens (primary N) is 1. The number of hydrogen-bond donors (Lipinski definition) is 1. The first-order chi connectivity index (χ1) is 13.3.